The van der Waals surface area contributed by atoms with Gasteiger partial charge in [-0.25, -0.2) is 37.5 Å². The molecule has 0 aliphatic carbocycles. The number of hydrogen-bond donors (Lipinski definition) is 0. The number of rotatable bonds is 4. The topological polar surface area (TPSA) is 70.0 Å². The molecule has 0 amide bonds. The maximum absolute atomic E-state index is 14.0. The highest BCUT2D eigenvalue weighted by molar-refractivity contribution is 5.44. The summed E-state index contributed by atoms with van der Waals surface area (Å²) in [6, 6.07) is 0.690. The van der Waals surface area contributed by atoms with Crippen molar-refractivity contribution in [2.24, 2.45) is 0 Å². The molecule has 122 valence electrons. The summed E-state index contributed by atoms with van der Waals surface area (Å²) in [7, 11) is 0. The molecule has 0 radical (unpaired) electrons. The Balaban J connectivity index is 1.97. The SMILES string of the molecule is Fc1cnc(Oc2c(F)ccc(F)c2Oc2ncc(F)cn2)nc1. The lowest BCUT2D eigenvalue weighted by Crippen LogP contribution is -2.01. The van der Waals surface area contributed by atoms with Gasteiger partial charge in [-0.15, -0.1) is 0 Å². The van der Waals surface area contributed by atoms with E-state index in [1.54, 1.807) is 0 Å². The van der Waals surface area contributed by atoms with E-state index in [0.717, 1.165) is 36.9 Å². The van der Waals surface area contributed by atoms with Gasteiger partial charge in [0.2, 0.25) is 11.5 Å². The fourth-order valence-electron chi connectivity index (χ4n) is 1.59. The van der Waals surface area contributed by atoms with E-state index in [9.17, 15) is 17.6 Å². The smallest absolute Gasteiger partial charge is 0.322 e. The molecular weight excluding hydrogens is 332 g/mol. The summed E-state index contributed by atoms with van der Waals surface area (Å²) in [5, 5.41) is 0. The maximum atomic E-state index is 14.0. The van der Waals surface area contributed by atoms with Gasteiger partial charge in [0, 0.05) is 0 Å². The first kappa shape index (κ1) is 15.6. The van der Waals surface area contributed by atoms with Crippen LogP contribution in [0.1, 0.15) is 0 Å². The van der Waals surface area contributed by atoms with E-state index in [2.05, 4.69) is 19.9 Å². The van der Waals surface area contributed by atoms with Gasteiger partial charge in [-0.1, -0.05) is 0 Å². The number of hydrogen-bond acceptors (Lipinski definition) is 6. The van der Waals surface area contributed by atoms with Crippen LogP contribution in [0.15, 0.2) is 36.9 Å². The molecule has 1 aromatic carbocycles. The third-order valence-corrected chi connectivity index (χ3v) is 2.60. The van der Waals surface area contributed by atoms with Crippen LogP contribution in [0.4, 0.5) is 17.6 Å². The van der Waals surface area contributed by atoms with Crippen LogP contribution < -0.4 is 9.47 Å². The standard InChI is InChI=1S/C14H6F4N4O2/c15-7-3-19-13(20-4-7)23-11-9(17)1-2-10(18)12(11)24-14-21-5-8(16)6-22-14/h1-6H. The van der Waals surface area contributed by atoms with Crippen LogP contribution >= 0.6 is 0 Å². The van der Waals surface area contributed by atoms with Gasteiger partial charge in [-0.3, -0.25) is 0 Å². The van der Waals surface area contributed by atoms with Gasteiger partial charge < -0.3 is 9.47 Å². The van der Waals surface area contributed by atoms with Crippen LogP contribution in [0.25, 0.3) is 0 Å². The van der Waals surface area contributed by atoms with Crippen molar-refractivity contribution in [3.8, 4) is 23.5 Å². The number of aromatic nitrogens is 4. The zero-order chi connectivity index (χ0) is 17.1. The van der Waals surface area contributed by atoms with Gasteiger partial charge in [-0.2, -0.15) is 0 Å². The van der Waals surface area contributed by atoms with Crippen molar-refractivity contribution in [1.29, 1.82) is 0 Å². The van der Waals surface area contributed by atoms with E-state index < -0.39 is 46.8 Å². The summed E-state index contributed by atoms with van der Waals surface area (Å²) in [4.78, 5) is 13.9. The minimum Gasteiger partial charge on any atom is -0.417 e. The molecule has 0 aliphatic rings. The average molecular weight is 338 g/mol. The Kier molecular flexibility index (Phi) is 4.18. The largest absolute Gasteiger partial charge is 0.417 e. The van der Waals surface area contributed by atoms with Gasteiger partial charge in [-0.05, 0) is 12.1 Å². The summed E-state index contributed by atoms with van der Waals surface area (Å²) in [5.74, 6) is -4.87. The van der Waals surface area contributed by atoms with Crippen molar-refractivity contribution in [3.63, 3.8) is 0 Å². The molecule has 2 aromatic heterocycles. The van der Waals surface area contributed by atoms with E-state index >= 15 is 0 Å². The zero-order valence-electron chi connectivity index (χ0n) is 11.6. The van der Waals surface area contributed by atoms with E-state index in [1.165, 1.54) is 0 Å². The summed E-state index contributed by atoms with van der Waals surface area (Å²) in [6.45, 7) is 0. The van der Waals surface area contributed by atoms with E-state index in [-0.39, 0.29) is 0 Å². The molecule has 0 unspecified atom stereocenters. The number of nitrogens with zero attached hydrogens (tertiary/aromatic N) is 4. The van der Waals surface area contributed by atoms with E-state index in [4.69, 9.17) is 9.47 Å². The predicted octanol–water partition coefficient (Wildman–Crippen LogP) is 3.41. The Morgan fingerprint density at radius 1 is 0.583 bits per heavy atom. The van der Waals surface area contributed by atoms with Crippen molar-refractivity contribution in [2.45, 2.75) is 0 Å². The Morgan fingerprint density at radius 2 is 0.917 bits per heavy atom. The number of halogens is 4. The summed E-state index contributed by atoms with van der Waals surface area (Å²) in [6.07, 6.45) is 3.12. The monoisotopic (exact) mass is 338 g/mol. The molecule has 0 N–H and O–H groups in total. The normalized spacial score (nSPS) is 10.5. The highest BCUT2D eigenvalue weighted by atomic mass is 19.1. The average Bonchev–Trinajstić information content (AvgIpc) is 2.58. The van der Waals surface area contributed by atoms with Crippen molar-refractivity contribution in [1.82, 2.24) is 19.9 Å². The van der Waals surface area contributed by atoms with Crippen molar-refractivity contribution >= 4 is 0 Å². The van der Waals surface area contributed by atoms with Gasteiger partial charge in [0.05, 0.1) is 24.8 Å². The quantitative estimate of drug-likeness (QED) is 0.679. The van der Waals surface area contributed by atoms with Crippen molar-refractivity contribution < 1.29 is 27.0 Å². The molecule has 0 saturated carbocycles. The van der Waals surface area contributed by atoms with Gasteiger partial charge in [0.25, 0.3) is 0 Å². The number of ether oxygens (including phenoxy) is 2. The first-order valence-corrected chi connectivity index (χ1v) is 6.32. The second-order valence-electron chi connectivity index (χ2n) is 4.26. The highest BCUT2D eigenvalue weighted by Crippen LogP contribution is 2.37. The molecule has 2 heterocycles. The first-order valence-electron chi connectivity index (χ1n) is 6.32. The second kappa shape index (κ2) is 6.44. The molecular formula is C14H6F4N4O2. The molecule has 0 bridgehead atoms. The number of benzene rings is 1. The van der Waals surface area contributed by atoms with Crippen LogP contribution in [0.5, 0.6) is 23.5 Å². The molecule has 0 saturated heterocycles. The van der Waals surface area contributed by atoms with Crippen molar-refractivity contribution in [2.75, 3.05) is 0 Å². The molecule has 24 heavy (non-hydrogen) atoms. The van der Waals surface area contributed by atoms with E-state index in [1.807, 2.05) is 0 Å². The summed E-state index contributed by atoms with van der Waals surface area (Å²) < 4.78 is 63.5. The Labute approximate surface area is 131 Å². The van der Waals surface area contributed by atoms with Gasteiger partial charge in [0.15, 0.2) is 23.3 Å². The lowest BCUT2D eigenvalue weighted by atomic mass is 10.3. The van der Waals surface area contributed by atoms with Crippen LogP contribution in [-0.2, 0) is 0 Å². The second-order valence-corrected chi connectivity index (χ2v) is 4.26. The maximum Gasteiger partial charge on any atom is 0.322 e. The third kappa shape index (κ3) is 3.37. The minimum atomic E-state index is -0.999. The Morgan fingerprint density at radius 3 is 1.25 bits per heavy atom. The molecule has 0 spiro atoms. The van der Waals surface area contributed by atoms with Crippen LogP contribution in [0.2, 0.25) is 0 Å². The zero-order valence-corrected chi connectivity index (χ0v) is 11.6. The third-order valence-electron chi connectivity index (χ3n) is 2.60. The van der Waals surface area contributed by atoms with Crippen LogP contribution in [0.3, 0.4) is 0 Å². The molecule has 0 atom stereocenters. The fourth-order valence-corrected chi connectivity index (χ4v) is 1.59. The lowest BCUT2D eigenvalue weighted by Gasteiger charge is -2.11. The predicted molar refractivity (Wildman–Crippen MR) is 70.5 cm³/mol. The van der Waals surface area contributed by atoms with Gasteiger partial charge >= 0.3 is 12.0 Å². The fraction of sp³-hybridized carbons (Fsp3) is 0. The van der Waals surface area contributed by atoms with E-state index in [0.29, 0.717) is 0 Å². The molecule has 10 heteroatoms. The molecule has 6 nitrogen and oxygen atoms in total. The minimum absolute atomic E-state index is 0.439. The van der Waals surface area contributed by atoms with Crippen LogP contribution in [0, 0.1) is 23.3 Å². The van der Waals surface area contributed by atoms with Gasteiger partial charge in [0.1, 0.15) is 0 Å². The lowest BCUT2D eigenvalue weighted by molar-refractivity contribution is 0.346. The van der Waals surface area contributed by atoms with Crippen molar-refractivity contribution in [3.05, 3.63) is 60.2 Å². The highest BCUT2D eigenvalue weighted by Gasteiger charge is 2.20. The molecule has 3 aromatic rings. The molecule has 0 fully saturated rings. The summed E-state index contributed by atoms with van der Waals surface area (Å²) in [5.41, 5.74) is 0. The Hall–Kier alpha value is -3.30. The Bertz CT molecular complexity index is 787. The van der Waals surface area contributed by atoms with Crippen LogP contribution in [-0.4, -0.2) is 19.9 Å². The molecule has 3 rings (SSSR count). The summed E-state index contributed by atoms with van der Waals surface area (Å²) >= 11 is 0. The first-order chi connectivity index (χ1) is 11.5. The molecule has 0 aliphatic heterocycles.